The van der Waals surface area contributed by atoms with E-state index in [0.717, 1.165) is 12.0 Å². The van der Waals surface area contributed by atoms with Crippen LogP contribution in [0.2, 0.25) is 0 Å². The summed E-state index contributed by atoms with van der Waals surface area (Å²) in [6.07, 6.45) is 3.58. The Morgan fingerprint density at radius 2 is 1.87 bits per heavy atom. The highest BCUT2D eigenvalue weighted by atomic mass is 16.3. The minimum Gasteiger partial charge on any atom is -0.391 e. The molecule has 7 nitrogen and oxygen atoms in total. The Morgan fingerprint density at radius 1 is 1.17 bits per heavy atom. The highest BCUT2D eigenvalue weighted by Crippen LogP contribution is 2.38. The SMILES string of the molecule is CC(=O)N[C@H]1CC[C@](CNC(=O)c2cnc(C)nc2C)(c2ccccc2)CC[C@@H]1O. The molecule has 1 aromatic carbocycles. The lowest BCUT2D eigenvalue weighted by molar-refractivity contribution is -0.120. The molecule has 3 rings (SSSR count). The van der Waals surface area contributed by atoms with Crippen molar-refractivity contribution in [1.82, 2.24) is 20.6 Å². The van der Waals surface area contributed by atoms with Crippen LogP contribution in [0.25, 0.3) is 0 Å². The zero-order chi connectivity index (χ0) is 21.7. The van der Waals surface area contributed by atoms with Crippen LogP contribution in [0.4, 0.5) is 0 Å². The number of hydrogen-bond acceptors (Lipinski definition) is 5. The Bertz CT molecular complexity index is 903. The number of nitrogens with zero attached hydrogens (tertiary/aromatic N) is 2. The van der Waals surface area contributed by atoms with Crippen molar-refractivity contribution in [3.8, 4) is 0 Å². The third kappa shape index (κ3) is 5.02. The fraction of sp³-hybridized carbons (Fsp3) is 0.478. The maximum atomic E-state index is 12.9. The van der Waals surface area contributed by atoms with E-state index in [1.54, 1.807) is 20.0 Å². The second-order valence-corrected chi connectivity index (χ2v) is 8.20. The maximum absolute atomic E-state index is 12.9. The molecule has 160 valence electrons. The first-order valence-electron chi connectivity index (χ1n) is 10.4. The highest BCUT2D eigenvalue weighted by Gasteiger charge is 2.38. The van der Waals surface area contributed by atoms with E-state index in [4.69, 9.17) is 0 Å². The molecule has 30 heavy (non-hydrogen) atoms. The number of nitrogens with one attached hydrogen (secondary N) is 2. The predicted molar refractivity (Wildman–Crippen MR) is 114 cm³/mol. The Morgan fingerprint density at radius 3 is 2.53 bits per heavy atom. The summed E-state index contributed by atoms with van der Waals surface area (Å²) < 4.78 is 0. The molecule has 3 N–H and O–H groups in total. The van der Waals surface area contributed by atoms with Crippen molar-refractivity contribution in [2.75, 3.05) is 6.54 Å². The number of aryl methyl sites for hydroxylation is 2. The number of carbonyl (C=O) groups excluding carboxylic acids is 2. The Kier molecular flexibility index (Phi) is 6.82. The summed E-state index contributed by atoms with van der Waals surface area (Å²) in [6.45, 7) is 5.49. The number of rotatable bonds is 5. The molecule has 1 aromatic heterocycles. The first-order valence-corrected chi connectivity index (χ1v) is 10.4. The van der Waals surface area contributed by atoms with Gasteiger partial charge in [0.1, 0.15) is 5.82 Å². The van der Waals surface area contributed by atoms with Gasteiger partial charge in [0.25, 0.3) is 5.91 Å². The van der Waals surface area contributed by atoms with Crippen molar-refractivity contribution in [3.63, 3.8) is 0 Å². The van der Waals surface area contributed by atoms with E-state index in [9.17, 15) is 14.7 Å². The van der Waals surface area contributed by atoms with Crippen molar-refractivity contribution in [1.29, 1.82) is 0 Å². The molecule has 0 spiro atoms. The van der Waals surface area contributed by atoms with Crippen LogP contribution < -0.4 is 10.6 Å². The van der Waals surface area contributed by atoms with E-state index in [-0.39, 0.29) is 23.3 Å². The molecule has 0 aliphatic heterocycles. The summed E-state index contributed by atoms with van der Waals surface area (Å²) in [6, 6.07) is 9.80. The third-order valence-electron chi connectivity index (χ3n) is 6.02. The van der Waals surface area contributed by atoms with E-state index in [0.29, 0.717) is 42.9 Å². The van der Waals surface area contributed by atoms with Crippen molar-refractivity contribution < 1.29 is 14.7 Å². The highest BCUT2D eigenvalue weighted by molar-refractivity contribution is 5.94. The van der Waals surface area contributed by atoms with Gasteiger partial charge in [0.15, 0.2) is 0 Å². The molecule has 7 heteroatoms. The molecular weight excluding hydrogens is 380 g/mol. The molecule has 3 atom stereocenters. The summed E-state index contributed by atoms with van der Waals surface area (Å²) >= 11 is 0. The molecule has 1 aliphatic rings. The molecule has 0 radical (unpaired) electrons. The Balaban J connectivity index is 1.83. The van der Waals surface area contributed by atoms with Crippen molar-refractivity contribution in [2.45, 2.75) is 64.0 Å². The lowest BCUT2D eigenvalue weighted by atomic mass is 9.74. The first kappa shape index (κ1) is 21.9. The van der Waals surface area contributed by atoms with Gasteiger partial charge in [-0.1, -0.05) is 30.3 Å². The number of aliphatic hydroxyl groups excluding tert-OH is 1. The van der Waals surface area contributed by atoms with Gasteiger partial charge in [-0.2, -0.15) is 0 Å². The van der Waals surface area contributed by atoms with Crippen LogP contribution in [0.15, 0.2) is 36.5 Å². The number of aromatic nitrogens is 2. The van der Waals surface area contributed by atoms with Crippen molar-refractivity contribution in [2.24, 2.45) is 0 Å². The van der Waals surface area contributed by atoms with E-state index < -0.39 is 6.10 Å². The average Bonchev–Trinajstić information content (AvgIpc) is 2.87. The molecule has 1 heterocycles. The van der Waals surface area contributed by atoms with Gasteiger partial charge in [-0.05, 0) is 45.1 Å². The summed E-state index contributed by atoms with van der Waals surface area (Å²) in [4.78, 5) is 32.8. The summed E-state index contributed by atoms with van der Waals surface area (Å²) in [5, 5.41) is 16.5. The molecule has 1 aliphatic carbocycles. The van der Waals surface area contributed by atoms with Crippen molar-refractivity contribution >= 4 is 11.8 Å². The predicted octanol–water partition coefficient (Wildman–Crippen LogP) is 2.20. The zero-order valence-electron chi connectivity index (χ0n) is 17.8. The quantitative estimate of drug-likeness (QED) is 0.656. The van der Waals surface area contributed by atoms with Gasteiger partial charge in [-0.3, -0.25) is 9.59 Å². The van der Waals surface area contributed by atoms with Gasteiger partial charge < -0.3 is 15.7 Å². The van der Waals surface area contributed by atoms with Gasteiger partial charge in [-0.25, -0.2) is 9.97 Å². The van der Waals surface area contributed by atoms with E-state index >= 15 is 0 Å². The van der Waals surface area contributed by atoms with Crippen LogP contribution in [0.3, 0.4) is 0 Å². The van der Waals surface area contributed by atoms with E-state index in [1.165, 1.54) is 6.92 Å². The van der Waals surface area contributed by atoms with E-state index in [1.807, 2.05) is 18.2 Å². The number of carbonyl (C=O) groups is 2. The van der Waals surface area contributed by atoms with Crippen LogP contribution in [0.1, 0.15) is 60.0 Å². The molecule has 1 saturated carbocycles. The largest absolute Gasteiger partial charge is 0.391 e. The molecule has 2 amide bonds. The molecule has 1 fully saturated rings. The second kappa shape index (κ2) is 9.34. The van der Waals surface area contributed by atoms with Gasteiger partial charge in [0.05, 0.1) is 23.4 Å². The fourth-order valence-corrected chi connectivity index (χ4v) is 4.31. The second-order valence-electron chi connectivity index (χ2n) is 8.20. The van der Waals surface area contributed by atoms with Crippen LogP contribution in [0, 0.1) is 13.8 Å². The van der Waals surface area contributed by atoms with Gasteiger partial charge in [-0.15, -0.1) is 0 Å². The lowest BCUT2D eigenvalue weighted by Crippen LogP contribution is -2.42. The van der Waals surface area contributed by atoms with Gasteiger partial charge in [0, 0.05) is 25.1 Å². The van der Waals surface area contributed by atoms with Gasteiger partial charge in [0.2, 0.25) is 5.91 Å². The standard InChI is InChI=1S/C23H30N4O3/c1-15-19(13-24-16(2)26-15)22(30)25-14-23(18-7-5-4-6-8-18)11-9-20(27-17(3)28)21(29)10-12-23/h4-8,13,20-21,29H,9-12,14H2,1-3H3,(H,25,30)(H,27,28)/t20-,21-,23-/m0/s1. The van der Waals surface area contributed by atoms with Crippen LogP contribution in [-0.4, -0.2) is 45.6 Å². The third-order valence-corrected chi connectivity index (χ3v) is 6.02. The monoisotopic (exact) mass is 410 g/mol. The lowest BCUT2D eigenvalue weighted by Gasteiger charge is -2.34. The van der Waals surface area contributed by atoms with Crippen LogP contribution in [-0.2, 0) is 10.2 Å². The summed E-state index contributed by atoms with van der Waals surface area (Å²) in [5.74, 6) is 0.284. The zero-order valence-corrected chi connectivity index (χ0v) is 17.8. The minimum absolute atomic E-state index is 0.144. The van der Waals surface area contributed by atoms with E-state index in [2.05, 4.69) is 32.7 Å². The van der Waals surface area contributed by atoms with Crippen LogP contribution >= 0.6 is 0 Å². The molecule has 0 unspecified atom stereocenters. The summed E-state index contributed by atoms with van der Waals surface area (Å²) in [7, 11) is 0. The normalized spacial score (nSPS) is 24.0. The van der Waals surface area contributed by atoms with Crippen LogP contribution in [0.5, 0.6) is 0 Å². The molecule has 2 aromatic rings. The van der Waals surface area contributed by atoms with Gasteiger partial charge >= 0.3 is 0 Å². The minimum atomic E-state index is -0.608. The first-order chi connectivity index (χ1) is 14.3. The Labute approximate surface area is 177 Å². The number of amides is 2. The summed E-state index contributed by atoms with van der Waals surface area (Å²) in [5.41, 5.74) is 1.91. The molecular formula is C23H30N4O3. The number of aliphatic hydroxyl groups is 1. The van der Waals surface area contributed by atoms with Crippen molar-refractivity contribution in [3.05, 3.63) is 59.2 Å². The number of benzene rings is 1. The fourth-order valence-electron chi connectivity index (χ4n) is 4.31. The molecule has 0 bridgehead atoms. The smallest absolute Gasteiger partial charge is 0.254 e. The Hall–Kier alpha value is -2.80. The maximum Gasteiger partial charge on any atom is 0.254 e. The topological polar surface area (TPSA) is 104 Å². The molecule has 0 saturated heterocycles. The number of hydrogen-bond donors (Lipinski definition) is 3. The average molecular weight is 411 g/mol.